The van der Waals surface area contributed by atoms with E-state index in [0.717, 1.165) is 0 Å². The predicted octanol–water partition coefficient (Wildman–Crippen LogP) is 5.53. The summed E-state index contributed by atoms with van der Waals surface area (Å²) in [7, 11) is 0. The Morgan fingerprint density at radius 2 is 1.54 bits per heavy atom. The normalized spacial score (nSPS) is 10.1. The van der Waals surface area contributed by atoms with E-state index >= 15 is 0 Å². The molecule has 0 rings (SSSR count). The molecule has 0 heterocycles. The lowest BCUT2D eigenvalue weighted by Crippen LogP contribution is -2.01. The van der Waals surface area contributed by atoms with Crippen LogP contribution < -0.4 is 0 Å². The lowest BCUT2D eigenvalue weighted by molar-refractivity contribution is 0.983. The van der Waals surface area contributed by atoms with Crippen molar-refractivity contribution in [3.8, 4) is 0 Å². The van der Waals surface area contributed by atoms with Gasteiger partial charge in [-0.05, 0) is 6.08 Å². The van der Waals surface area contributed by atoms with Crippen molar-refractivity contribution < 1.29 is 0 Å². The maximum atomic E-state index is 5.28. The summed E-state index contributed by atoms with van der Waals surface area (Å²) in [5, 5.41) is 0. The lowest BCUT2D eigenvalue weighted by Gasteiger charge is -2.04. The van der Waals surface area contributed by atoms with Gasteiger partial charge in [-0.3, -0.25) is 0 Å². The summed E-state index contributed by atoms with van der Waals surface area (Å²) in [5.41, 5.74) is 0. The van der Waals surface area contributed by atoms with E-state index in [9.17, 15) is 0 Å². The molecule has 0 aromatic rings. The SMILES string of the molecule is ClCC=C(Cl)Cl.ClCCC(Cl)(Cl)Cl. The zero-order valence-electron chi connectivity index (χ0n) is 6.34. The highest BCUT2D eigenvalue weighted by Crippen LogP contribution is 2.29. The van der Waals surface area contributed by atoms with Crippen molar-refractivity contribution in [2.24, 2.45) is 0 Å². The first-order chi connectivity index (χ1) is 5.83. The van der Waals surface area contributed by atoms with Gasteiger partial charge in [-0.2, -0.15) is 0 Å². The number of alkyl halides is 5. The van der Waals surface area contributed by atoms with Crippen molar-refractivity contribution in [1.29, 1.82) is 0 Å². The Balaban J connectivity index is 0. The highest BCUT2D eigenvalue weighted by molar-refractivity contribution is 6.67. The highest BCUT2D eigenvalue weighted by atomic mass is 35.6. The van der Waals surface area contributed by atoms with Crippen LogP contribution in [0.5, 0.6) is 0 Å². The van der Waals surface area contributed by atoms with E-state index in [0.29, 0.717) is 18.2 Å². The van der Waals surface area contributed by atoms with Gasteiger partial charge in [-0.15, -0.1) is 23.2 Å². The first-order valence-corrected chi connectivity index (χ1v) is 5.99. The molecule has 0 bridgehead atoms. The molecule has 0 fully saturated rings. The Morgan fingerprint density at radius 3 is 1.54 bits per heavy atom. The standard InChI is InChI=1S/C3H4Cl4.C3H3Cl3/c4-2-1-3(5,6)7;4-2-1-3(5)6/h1-2H2;1H,2H2. The number of halogens is 7. The molecule has 0 aromatic carbocycles. The average molecular weight is 327 g/mol. The zero-order chi connectivity index (χ0) is 10.9. The second-order valence-electron chi connectivity index (χ2n) is 1.70. The smallest absolute Gasteiger partial charge is 0.127 e. The van der Waals surface area contributed by atoms with Gasteiger partial charge in [0.25, 0.3) is 0 Å². The van der Waals surface area contributed by atoms with Gasteiger partial charge in [-0.1, -0.05) is 58.0 Å². The van der Waals surface area contributed by atoms with Crippen LogP contribution in [0.25, 0.3) is 0 Å². The van der Waals surface area contributed by atoms with Crippen LogP contribution in [0.4, 0.5) is 0 Å². The quantitative estimate of drug-likeness (QED) is 0.585. The molecule has 0 radical (unpaired) electrons. The van der Waals surface area contributed by atoms with Crippen LogP contribution in [0, 0.1) is 0 Å². The summed E-state index contributed by atoms with van der Waals surface area (Å²) >= 11 is 36.5. The maximum Gasteiger partial charge on any atom is 0.191 e. The van der Waals surface area contributed by atoms with E-state index in [2.05, 4.69) is 0 Å². The third-order valence-corrected chi connectivity index (χ3v) is 1.83. The molecule has 0 amide bonds. The van der Waals surface area contributed by atoms with Crippen LogP contribution >= 0.6 is 81.2 Å². The van der Waals surface area contributed by atoms with Crippen molar-refractivity contribution >= 4 is 81.2 Å². The summed E-state index contributed by atoms with van der Waals surface area (Å²) < 4.78 is -0.938. The van der Waals surface area contributed by atoms with E-state index in [4.69, 9.17) is 81.2 Å². The first kappa shape index (κ1) is 17.2. The van der Waals surface area contributed by atoms with E-state index in [1.807, 2.05) is 0 Å². The summed E-state index contributed by atoms with van der Waals surface area (Å²) in [6.07, 6.45) is 1.91. The van der Waals surface area contributed by atoms with Gasteiger partial charge in [0, 0.05) is 18.2 Å². The van der Waals surface area contributed by atoms with Crippen LogP contribution in [0.1, 0.15) is 6.42 Å². The predicted molar refractivity (Wildman–Crippen MR) is 66.1 cm³/mol. The molecule has 0 aliphatic heterocycles. The van der Waals surface area contributed by atoms with Gasteiger partial charge in [0.2, 0.25) is 0 Å². The fourth-order valence-corrected chi connectivity index (χ4v) is 1.49. The monoisotopic (exact) mass is 324 g/mol. The second-order valence-corrected chi connectivity index (χ2v) is 5.91. The Morgan fingerprint density at radius 1 is 1.08 bits per heavy atom. The Labute approximate surface area is 113 Å². The molecule has 7 heteroatoms. The minimum atomic E-state index is -1.16. The molecular weight excluding hydrogens is 320 g/mol. The highest BCUT2D eigenvalue weighted by Gasteiger charge is 2.17. The molecule has 0 nitrogen and oxygen atoms in total. The summed E-state index contributed by atoms with van der Waals surface area (Å²) in [5.74, 6) is 0.763. The molecule has 0 aliphatic rings. The molecule has 0 N–H and O–H groups in total. The molecule has 0 atom stereocenters. The van der Waals surface area contributed by atoms with Crippen LogP contribution in [0.2, 0.25) is 0 Å². The fourth-order valence-electron chi connectivity index (χ4n) is 0.165. The largest absolute Gasteiger partial charge is 0.191 e. The van der Waals surface area contributed by atoms with Gasteiger partial charge < -0.3 is 0 Å². The molecule has 0 spiro atoms. The van der Waals surface area contributed by atoms with Crippen molar-refractivity contribution in [1.82, 2.24) is 0 Å². The van der Waals surface area contributed by atoms with Crippen LogP contribution in [0.15, 0.2) is 10.6 Å². The molecule has 13 heavy (non-hydrogen) atoms. The molecule has 0 aliphatic carbocycles. The minimum absolute atomic E-state index is 0.227. The van der Waals surface area contributed by atoms with E-state index in [-0.39, 0.29) is 4.49 Å². The summed E-state index contributed by atoms with van der Waals surface area (Å²) in [4.78, 5) is 0. The van der Waals surface area contributed by atoms with Crippen LogP contribution in [0.3, 0.4) is 0 Å². The van der Waals surface area contributed by atoms with Gasteiger partial charge in [0.1, 0.15) is 4.49 Å². The summed E-state index contributed by atoms with van der Waals surface area (Å²) in [6.45, 7) is 0. The molecule has 0 aromatic heterocycles. The zero-order valence-corrected chi connectivity index (χ0v) is 11.6. The van der Waals surface area contributed by atoms with Crippen molar-refractivity contribution in [2.75, 3.05) is 11.8 Å². The van der Waals surface area contributed by atoms with Gasteiger partial charge in [0.05, 0.1) is 0 Å². The van der Waals surface area contributed by atoms with E-state index in [1.165, 1.54) is 6.08 Å². The third-order valence-electron chi connectivity index (χ3n) is 0.609. The van der Waals surface area contributed by atoms with Gasteiger partial charge in [0.15, 0.2) is 3.79 Å². The topological polar surface area (TPSA) is 0 Å². The number of hydrogen-bond acceptors (Lipinski definition) is 0. The van der Waals surface area contributed by atoms with Crippen LogP contribution in [-0.2, 0) is 0 Å². The molecule has 80 valence electrons. The van der Waals surface area contributed by atoms with Gasteiger partial charge in [-0.25, -0.2) is 0 Å². The van der Waals surface area contributed by atoms with Crippen molar-refractivity contribution in [3.63, 3.8) is 0 Å². The maximum absolute atomic E-state index is 5.28. The minimum Gasteiger partial charge on any atom is -0.127 e. The van der Waals surface area contributed by atoms with Crippen molar-refractivity contribution in [3.05, 3.63) is 10.6 Å². The molecule has 0 unspecified atom stereocenters. The average Bonchev–Trinajstić information content (AvgIpc) is 1.84. The Hall–Kier alpha value is 1.77. The fraction of sp³-hybridized carbons (Fsp3) is 0.667. The van der Waals surface area contributed by atoms with E-state index in [1.54, 1.807) is 0 Å². The molecule has 0 saturated heterocycles. The Bertz CT molecular complexity index is 132. The number of rotatable bonds is 2. The van der Waals surface area contributed by atoms with Crippen LogP contribution in [-0.4, -0.2) is 15.6 Å². The van der Waals surface area contributed by atoms with Crippen molar-refractivity contribution in [2.45, 2.75) is 10.2 Å². The summed E-state index contributed by atoms with van der Waals surface area (Å²) in [6, 6.07) is 0. The third kappa shape index (κ3) is 24.8. The Kier molecular flexibility index (Phi) is 13.6. The number of hydrogen-bond donors (Lipinski definition) is 0. The first-order valence-electron chi connectivity index (χ1n) is 3.03. The molecular formula is C6H7Cl7. The lowest BCUT2D eigenvalue weighted by atomic mass is 10.6. The van der Waals surface area contributed by atoms with E-state index < -0.39 is 3.79 Å². The second kappa shape index (κ2) is 10.3. The molecule has 0 saturated carbocycles. The number of allylic oxidation sites excluding steroid dienone is 1. The van der Waals surface area contributed by atoms with Gasteiger partial charge >= 0.3 is 0 Å².